The molecule has 0 bridgehead atoms. The zero-order valence-electron chi connectivity index (χ0n) is 9.34. The summed E-state index contributed by atoms with van der Waals surface area (Å²) in [6, 6.07) is 19.5. The van der Waals surface area contributed by atoms with Crippen molar-refractivity contribution in [3.63, 3.8) is 0 Å². The maximum Gasteiger partial charge on any atom is 0.178 e. The van der Waals surface area contributed by atoms with E-state index in [0.29, 0.717) is 5.57 Å². The summed E-state index contributed by atoms with van der Waals surface area (Å²) >= 11 is 0. The van der Waals surface area contributed by atoms with E-state index in [-0.39, 0.29) is 5.52 Å². The van der Waals surface area contributed by atoms with Crippen molar-refractivity contribution in [2.75, 3.05) is 0 Å². The molecular weight excluding hydrogens is 227 g/mol. The van der Waals surface area contributed by atoms with Gasteiger partial charge in [0, 0.05) is 5.57 Å². The molecule has 2 aromatic carbocycles. The Kier molecular flexibility index (Phi) is 3.85. The summed E-state index contributed by atoms with van der Waals surface area (Å²) in [5.41, 5.74) is 2.68. The first kappa shape index (κ1) is 11.8. The van der Waals surface area contributed by atoms with Crippen molar-refractivity contribution >= 4 is 26.4 Å². The first-order valence-electron chi connectivity index (χ1n) is 5.39. The number of benzene rings is 2. The minimum absolute atomic E-state index is 0.0000491. The molecule has 1 unspecified atom stereocenters. The SMILES string of the molecule is O=C(P)C(=Cc1ccccc1)c1ccccc1. The van der Waals surface area contributed by atoms with Gasteiger partial charge in [0.2, 0.25) is 0 Å². The molecule has 0 spiro atoms. The Morgan fingerprint density at radius 1 is 0.882 bits per heavy atom. The zero-order chi connectivity index (χ0) is 12.1. The van der Waals surface area contributed by atoms with Crippen molar-refractivity contribution in [2.45, 2.75) is 0 Å². The van der Waals surface area contributed by atoms with Gasteiger partial charge in [0.25, 0.3) is 0 Å². The van der Waals surface area contributed by atoms with Crippen LogP contribution in [0.3, 0.4) is 0 Å². The number of carbonyl (C=O) groups is 1. The van der Waals surface area contributed by atoms with E-state index in [1.165, 1.54) is 0 Å². The number of hydrogen-bond donors (Lipinski definition) is 0. The fourth-order valence-electron chi connectivity index (χ4n) is 1.63. The van der Waals surface area contributed by atoms with Gasteiger partial charge in [-0.15, -0.1) is 0 Å². The molecule has 0 fully saturated rings. The zero-order valence-corrected chi connectivity index (χ0v) is 10.5. The van der Waals surface area contributed by atoms with Crippen molar-refractivity contribution < 1.29 is 4.79 Å². The molecule has 0 aliphatic carbocycles. The van der Waals surface area contributed by atoms with E-state index in [9.17, 15) is 4.79 Å². The van der Waals surface area contributed by atoms with E-state index in [2.05, 4.69) is 9.24 Å². The third kappa shape index (κ3) is 3.12. The molecule has 1 atom stereocenters. The summed E-state index contributed by atoms with van der Waals surface area (Å²) in [5.74, 6) is 0. The fourth-order valence-corrected chi connectivity index (χ4v) is 1.88. The smallest absolute Gasteiger partial charge is 0.178 e. The molecule has 1 nitrogen and oxygen atoms in total. The van der Waals surface area contributed by atoms with Crippen LogP contribution in [0.1, 0.15) is 11.1 Å². The van der Waals surface area contributed by atoms with Crippen LogP contribution >= 0.6 is 9.24 Å². The lowest BCUT2D eigenvalue weighted by atomic mass is 10.0. The Bertz CT molecular complexity index is 529. The molecule has 0 aromatic heterocycles. The molecule has 0 aliphatic heterocycles. The van der Waals surface area contributed by atoms with Crippen LogP contribution in [0.25, 0.3) is 11.6 Å². The number of carbonyl (C=O) groups excluding carboxylic acids is 1. The highest BCUT2D eigenvalue weighted by atomic mass is 31.0. The van der Waals surface area contributed by atoms with Crippen molar-refractivity contribution in [3.05, 3.63) is 71.8 Å². The van der Waals surface area contributed by atoms with Gasteiger partial charge in [-0.3, -0.25) is 4.79 Å². The molecule has 0 saturated carbocycles. The van der Waals surface area contributed by atoms with Gasteiger partial charge < -0.3 is 0 Å². The molecule has 2 aromatic rings. The van der Waals surface area contributed by atoms with E-state index >= 15 is 0 Å². The lowest BCUT2D eigenvalue weighted by Crippen LogP contribution is -1.92. The van der Waals surface area contributed by atoms with Crippen molar-refractivity contribution in [1.82, 2.24) is 0 Å². The number of rotatable bonds is 3. The molecule has 2 heteroatoms. The average Bonchev–Trinajstić information content (AvgIpc) is 2.38. The Labute approximate surface area is 103 Å². The van der Waals surface area contributed by atoms with E-state index in [4.69, 9.17) is 0 Å². The molecule has 0 radical (unpaired) electrons. The second-order valence-electron chi connectivity index (χ2n) is 3.70. The van der Waals surface area contributed by atoms with Gasteiger partial charge in [0.15, 0.2) is 5.52 Å². The minimum Gasteiger partial charge on any atom is -0.290 e. The van der Waals surface area contributed by atoms with Gasteiger partial charge >= 0.3 is 0 Å². The molecule has 0 heterocycles. The van der Waals surface area contributed by atoms with Gasteiger partial charge in [-0.25, -0.2) is 0 Å². The minimum atomic E-state index is 0.0000491. The van der Waals surface area contributed by atoms with E-state index in [0.717, 1.165) is 11.1 Å². The van der Waals surface area contributed by atoms with Crippen LogP contribution in [-0.2, 0) is 4.79 Å². The largest absolute Gasteiger partial charge is 0.290 e. The second kappa shape index (κ2) is 5.56. The molecule has 17 heavy (non-hydrogen) atoms. The predicted octanol–water partition coefficient (Wildman–Crippen LogP) is 3.63. The maximum atomic E-state index is 11.6. The van der Waals surface area contributed by atoms with E-state index in [1.807, 2.05) is 66.7 Å². The van der Waals surface area contributed by atoms with E-state index < -0.39 is 0 Å². The van der Waals surface area contributed by atoms with Gasteiger partial charge in [0.1, 0.15) is 0 Å². The first-order valence-corrected chi connectivity index (χ1v) is 5.97. The van der Waals surface area contributed by atoms with Crippen molar-refractivity contribution in [3.8, 4) is 0 Å². The maximum absolute atomic E-state index is 11.6. The van der Waals surface area contributed by atoms with Gasteiger partial charge in [-0.2, -0.15) is 0 Å². The lowest BCUT2D eigenvalue weighted by Gasteiger charge is -2.03. The summed E-state index contributed by atoms with van der Waals surface area (Å²) in [6.07, 6.45) is 1.91. The van der Waals surface area contributed by atoms with E-state index in [1.54, 1.807) is 0 Å². The Hall–Kier alpha value is -1.72. The molecule has 0 amide bonds. The van der Waals surface area contributed by atoms with Crippen LogP contribution < -0.4 is 0 Å². The molecule has 0 aliphatic rings. The summed E-state index contributed by atoms with van der Waals surface area (Å²) < 4.78 is 0. The lowest BCUT2D eigenvalue weighted by molar-refractivity contribution is -0.106. The van der Waals surface area contributed by atoms with Crippen LogP contribution in [-0.4, -0.2) is 5.52 Å². The number of allylic oxidation sites excluding steroid dienone is 1. The first-order chi connectivity index (χ1) is 8.27. The van der Waals surface area contributed by atoms with Crippen molar-refractivity contribution in [2.24, 2.45) is 0 Å². The van der Waals surface area contributed by atoms with Crippen LogP contribution in [0.15, 0.2) is 60.7 Å². The average molecular weight is 240 g/mol. The van der Waals surface area contributed by atoms with Gasteiger partial charge in [-0.1, -0.05) is 69.9 Å². The monoisotopic (exact) mass is 240 g/mol. The third-order valence-electron chi connectivity index (χ3n) is 2.46. The molecule has 0 N–H and O–H groups in total. The Morgan fingerprint density at radius 3 is 1.94 bits per heavy atom. The normalized spacial score (nSPS) is 11.2. The Morgan fingerprint density at radius 2 is 1.41 bits per heavy atom. The third-order valence-corrected chi connectivity index (χ3v) is 2.77. The highest BCUT2D eigenvalue weighted by Gasteiger charge is 2.06. The van der Waals surface area contributed by atoms with Crippen LogP contribution in [0.5, 0.6) is 0 Å². The van der Waals surface area contributed by atoms with Crippen molar-refractivity contribution in [1.29, 1.82) is 0 Å². The molecule has 84 valence electrons. The summed E-state index contributed by atoms with van der Waals surface area (Å²) in [7, 11) is 2.23. The quantitative estimate of drug-likeness (QED) is 0.455. The Balaban J connectivity index is 2.44. The standard InChI is InChI=1S/C15H13OP/c16-15(17)14(13-9-5-2-6-10-13)11-12-7-3-1-4-8-12/h1-11H,17H2. The van der Waals surface area contributed by atoms with Crippen LogP contribution in [0.4, 0.5) is 0 Å². The summed E-state index contributed by atoms with van der Waals surface area (Å²) in [5, 5.41) is 0. The van der Waals surface area contributed by atoms with Gasteiger partial charge in [-0.05, 0) is 17.2 Å². The fraction of sp³-hybridized carbons (Fsp3) is 0. The van der Waals surface area contributed by atoms with Crippen LogP contribution in [0, 0.1) is 0 Å². The highest BCUT2D eigenvalue weighted by Crippen LogP contribution is 2.21. The van der Waals surface area contributed by atoms with Crippen LogP contribution in [0.2, 0.25) is 0 Å². The summed E-state index contributed by atoms with van der Waals surface area (Å²) in [4.78, 5) is 11.6. The molecule has 2 rings (SSSR count). The van der Waals surface area contributed by atoms with Gasteiger partial charge in [0.05, 0.1) is 0 Å². The predicted molar refractivity (Wildman–Crippen MR) is 75.5 cm³/mol. The number of hydrogen-bond acceptors (Lipinski definition) is 1. The second-order valence-corrected chi connectivity index (χ2v) is 4.22. The molecule has 0 saturated heterocycles. The topological polar surface area (TPSA) is 17.1 Å². The summed E-state index contributed by atoms with van der Waals surface area (Å²) in [6.45, 7) is 0. The molecular formula is C15H13OP. The highest BCUT2D eigenvalue weighted by molar-refractivity contribution is 7.43.